The Balaban J connectivity index is 0.00000127. The summed E-state index contributed by atoms with van der Waals surface area (Å²) < 4.78 is 18.2. The Bertz CT molecular complexity index is 819. The first-order valence-corrected chi connectivity index (χ1v) is 9.38. The van der Waals surface area contributed by atoms with E-state index in [-0.39, 0.29) is 25.5 Å². The molecule has 1 N–H and O–H groups in total. The first-order valence-electron chi connectivity index (χ1n) is 9.38. The molecule has 0 aliphatic carbocycles. The van der Waals surface area contributed by atoms with Gasteiger partial charge in [0.2, 0.25) is 5.91 Å². The van der Waals surface area contributed by atoms with Gasteiger partial charge in [0.05, 0.1) is 13.5 Å². The van der Waals surface area contributed by atoms with Crippen molar-refractivity contribution in [3.8, 4) is 0 Å². The number of ether oxygens (including phenoxy) is 1. The number of amides is 1. The predicted octanol–water partition coefficient (Wildman–Crippen LogP) is 4.23. The number of carbonyl (C=O) groups excluding carboxylic acids is 2. The lowest BCUT2D eigenvalue weighted by molar-refractivity contribution is -0.153. The topological polar surface area (TPSA) is 62.4 Å². The van der Waals surface area contributed by atoms with Gasteiger partial charge >= 0.3 is 5.97 Å². The van der Waals surface area contributed by atoms with Crippen LogP contribution < -0.4 is 0 Å². The van der Waals surface area contributed by atoms with Crippen LogP contribution in [0.25, 0.3) is 10.9 Å². The zero-order valence-corrected chi connectivity index (χ0v) is 16.1. The number of aromatic amines is 1. The maximum absolute atomic E-state index is 13.3. The predicted molar refractivity (Wildman–Crippen MR) is 106 cm³/mol. The number of hydrogen-bond donors (Lipinski definition) is 1. The molecule has 1 aromatic carbocycles. The second-order valence-electron chi connectivity index (χ2n) is 6.14. The van der Waals surface area contributed by atoms with Gasteiger partial charge in [0.25, 0.3) is 0 Å². The molecule has 2 aromatic rings. The van der Waals surface area contributed by atoms with Gasteiger partial charge in [-0.3, -0.25) is 4.79 Å². The van der Waals surface area contributed by atoms with Crippen molar-refractivity contribution >= 4 is 22.8 Å². The fourth-order valence-corrected chi connectivity index (χ4v) is 3.26. The Morgan fingerprint density at radius 3 is 2.78 bits per heavy atom. The molecule has 0 bridgehead atoms. The molecule has 1 aromatic heterocycles. The van der Waals surface area contributed by atoms with Crippen LogP contribution in [0.5, 0.6) is 0 Å². The molecule has 5 nitrogen and oxygen atoms in total. The Kier molecular flexibility index (Phi) is 7.58. The van der Waals surface area contributed by atoms with Crippen LogP contribution in [0, 0.1) is 5.82 Å². The summed E-state index contributed by atoms with van der Waals surface area (Å²) in [5, 5.41) is 0.816. The number of carbonyl (C=O) groups is 2. The first-order chi connectivity index (χ1) is 13.1. The Labute approximate surface area is 160 Å². The summed E-state index contributed by atoms with van der Waals surface area (Å²) >= 11 is 0. The van der Waals surface area contributed by atoms with E-state index in [1.807, 2.05) is 26.0 Å². The minimum Gasteiger partial charge on any atom is -0.467 e. The van der Waals surface area contributed by atoms with Crippen LogP contribution >= 0.6 is 0 Å². The highest BCUT2D eigenvalue weighted by Crippen LogP contribution is 2.22. The minimum absolute atomic E-state index is 0. The number of halogens is 1. The molecule has 0 saturated carbocycles. The van der Waals surface area contributed by atoms with Gasteiger partial charge in [-0.1, -0.05) is 26.0 Å². The van der Waals surface area contributed by atoms with E-state index in [4.69, 9.17) is 4.74 Å². The van der Waals surface area contributed by atoms with E-state index in [9.17, 15) is 14.0 Å². The number of benzene rings is 1. The molecule has 0 saturated heterocycles. The minimum atomic E-state index is -0.565. The van der Waals surface area contributed by atoms with Gasteiger partial charge in [0.1, 0.15) is 11.9 Å². The van der Waals surface area contributed by atoms with Gasteiger partial charge in [-0.25, -0.2) is 9.18 Å². The van der Waals surface area contributed by atoms with E-state index in [2.05, 4.69) is 4.98 Å². The third-order valence-corrected chi connectivity index (χ3v) is 4.55. The Morgan fingerprint density at radius 2 is 2.04 bits per heavy atom. The molecule has 3 rings (SSSR count). The molecule has 148 valence electrons. The molecule has 27 heavy (non-hydrogen) atoms. The second kappa shape index (κ2) is 9.90. The summed E-state index contributed by atoms with van der Waals surface area (Å²) in [5.41, 5.74) is 1.45. The lowest BCUT2D eigenvalue weighted by Gasteiger charge is -2.30. The van der Waals surface area contributed by atoms with Crippen molar-refractivity contribution in [2.75, 3.05) is 13.7 Å². The molecular formula is C21H29FN2O3. The molecular weight excluding hydrogens is 347 g/mol. The zero-order valence-electron chi connectivity index (χ0n) is 16.1. The number of nitrogens with one attached hydrogen (secondary N) is 1. The molecule has 1 atom stereocenters. The maximum atomic E-state index is 13.3. The smallest absolute Gasteiger partial charge is 0.328 e. The average Bonchev–Trinajstić information content (AvgIpc) is 3.04. The summed E-state index contributed by atoms with van der Waals surface area (Å²) in [5.74, 6) is -0.839. The van der Waals surface area contributed by atoms with Crippen LogP contribution in [0.2, 0.25) is 0 Å². The van der Waals surface area contributed by atoms with Gasteiger partial charge in [-0.15, -0.1) is 0 Å². The number of allylic oxidation sites excluding steroid dienone is 1. The van der Waals surface area contributed by atoms with Crippen molar-refractivity contribution in [1.29, 1.82) is 0 Å². The first kappa shape index (κ1) is 20.7. The standard InChI is InChI=1S/C19H21FN2O3.C2H6.H2/c1-25-19(24)17-6-4-2-3-5-9-22(17)18(23)10-13-12-21-16-11-14(20)7-8-15(13)16;1-2;/h2-3,7-8,11-12,17,21H,4-6,9-10H2,1H3;1-2H3;1H/b3-2+;;. The number of H-pyrrole nitrogens is 1. The molecule has 6 heteroatoms. The fourth-order valence-electron chi connectivity index (χ4n) is 3.26. The van der Waals surface area contributed by atoms with Crippen LogP contribution in [-0.2, 0) is 20.7 Å². The second-order valence-corrected chi connectivity index (χ2v) is 6.14. The van der Waals surface area contributed by atoms with Gasteiger partial charge in [-0.2, -0.15) is 0 Å². The van der Waals surface area contributed by atoms with Crippen LogP contribution in [0.15, 0.2) is 36.5 Å². The quantitative estimate of drug-likeness (QED) is 0.644. The van der Waals surface area contributed by atoms with E-state index < -0.39 is 6.04 Å². The van der Waals surface area contributed by atoms with Crippen LogP contribution in [0.1, 0.15) is 40.1 Å². The van der Waals surface area contributed by atoms with Crippen molar-refractivity contribution in [2.24, 2.45) is 0 Å². The molecule has 2 heterocycles. The molecule has 0 fully saturated rings. The number of nitrogens with zero attached hydrogens (tertiary/aromatic N) is 1. The number of methoxy groups -OCH3 is 1. The summed E-state index contributed by atoms with van der Waals surface area (Å²) in [6, 6.07) is 3.88. The van der Waals surface area contributed by atoms with Gasteiger partial charge in [0.15, 0.2) is 0 Å². The normalized spacial score (nSPS) is 18.1. The SMILES string of the molecule is CC.COC(=O)C1CC/C=C/CCN1C(=O)Cc1c[nH]c2cc(F)ccc12.[HH]. The number of esters is 1. The lowest BCUT2D eigenvalue weighted by Crippen LogP contribution is -2.47. The number of fused-ring (bicyclic) bond motifs is 1. The van der Waals surface area contributed by atoms with Crippen molar-refractivity contribution in [2.45, 2.75) is 45.6 Å². The molecule has 1 amide bonds. The van der Waals surface area contributed by atoms with Gasteiger partial charge in [-0.05, 0) is 43.0 Å². The fraction of sp³-hybridized carbons (Fsp3) is 0.429. The van der Waals surface area contributed by atoms with E-state index in [1.54, 1.807) is 17.2 Å². The molecule has 0 spiro atoms. The highest BCUT2D eigenvalue weighted by atomic mass is 19.1. The molecule has 1 aliphatic rings. The van der Waals surface area contributed by atoms with E-state index in [1.165, 1.54) is 19.2 Å². The average molecular weight is 376 g/mol. The zero-order chi connectivity index (χ0) is 19.8. The molecule has 1 aliphatic heterocycles. The van der Waals surface area contributed by atoms with Crippen LogP contribution in [0.4, 0.5) is 4.39 Å². The maximum Gasteiger partial charge on any atom is 0.328 e. The largest absolute Gasteiger partial charge is 0.467 e. The Hall–Kier alpha value is -2.63. The van der Waals surface area contributed by atoms with E-state index in [0.29, 0.717) is 24.9 Å². The van der Waals surface area contributed by atoms with E-state index in [0.717, 1.165) is 17.4 Å². The molecule has 1 unspecified atom stereocenters. The van der Waals surface area contributed by atoms with Gasteiger partial charge in [0, 0.05) is 25.1 Å². The van der Waals surface area contributed by atoms with Gasteiger partial charge < -0.3 is 14.6 Å². The monoisotopic (exact) mass is 376 g/mol. The highest BCUT2D eigenvalue weighted by molar-refractivity contribution is 5.91. The van der Waals surface area contributed by atoms with Crippen molar-refractivity contribution in [1.82, 2.24) is 9.88 Å². The number of hydrogen-bond acceptors (Lipinski definition) is 3. The summed E-state index contributed by atoms with van der Waals surface area (Å²) in [6.45, 7) is 4.48. The highest BCUT2D eigenvalue weighted by Gasteiger charge is 2.30. The number of aromatic nitrogens is 1. The van der Waals surface area contributed by atoms with E-state index >= 15 is 0 Å². The third kappa shape index (κ3) is 4.96. The lowest BCUT2D eigenvalue weighted by atomic mass is 10.0. The molecule has 0 radical (unpaired) electrons. The third-order valence-electron chi connectivity index (χ3n) is 4.55. The van der Waals surface area contributed by atoms with Crippen molar-refractivity contribution in [3.05, 3.63) is 47.9 Å². The summed E-state index contributed by atoms with van der Waals surface area (Å²) in [4.78, 5) is 29.6. The summed E-state index contributed by atoms with van der Waals surface area (Å²) in [6.07, 6.45) is 7.93. The summed E-state index contributed by atoms with van der Waals surface area (Å²) in [7, 11) is 1.34. The van der Waals surface area contributed by atoms with Crippen molar-refractivity contribution < 1.29 is 20.1 Å². The van der Waals surface area contributed by atoms with Crippen molar-refractivity contribution in [3.63, 3.8) is 0 Å². The van der Waals surface area contributed by atoms with Crippen LogP contribution in [-0.4, -0.2) is 41.5 Å². The van der Waals surface area contributed by atoms with Crippen LogP contribution in [0.3, 0.4) is 0 Å². The number of rotatable bonds is 3. The Morgan fingerprint density at radius 1 is 1.30 bits per heavy atom.